The monoisotopic (exact) mass is 430 g/mol. The third-order valence-electron chi connectivity index (χ3n) is 5.40. The molecule has 2 aromatic rings. The van der Waals surface area contributed by atoms with Gasteiger partial charge in [-0.1, -0.05) is 6.07 Å². The molecule has 0 bridgehead atoms. The van der Waals surface area contributed by atoms with Crippen molar-refractivity contribution in [3.63, 3.8) is 0 Å². The zero-order chi connectivity index (χ0) is 21.3. The molecule has 8 heteroatoms. The van der Waals surface area contributed by atoms with Gasteiger partial charge in [0.2, 0.25) is 10.0 Å². The van der Waals surface area contributed by atoms with Crippen molar-refractivity contribution in [1.82, 2.24) is 0 Å². The molecule has 1 amide bonds. The van der Waals surface area contributed by atoms with E-state index < -0.39 is 22.0 Å². The summed E-state index contributed by atoms with van der Waals surface area (Å²) in [6.45, 7) is 1.80. The molecule has 0 radical (unpaired) electrons. The lowest BCUT2D eigenvalue weighted by Gasteiger charge is -2.34. The Morgan fingerprint density at radius 3 is 2.50 bits per heavy atom. The maximum Gasteiger partial charge on any atom is 0.267 e. The van der Waals surface area contributed by atoms with Gasteiger partial charge in [-0.3, -0.25) is 9.10 Å². The smallest absolute Gasteiger partial charge is 0.267 e. The average molecular weight is 431 g/mol. The second-order valence-electron chi connectivity index (χ2n) is 7.91. The minimum atomic E-state index is -3.56. The fourth-order valence-electron chi connectivity index (χ4n) is 3.85. The number of aryl methyl sites for hydroxylation is 1. The van der Waals surface area contributed by atoms with Crippen LogP contribution in [0.4, 0.5) is 11.4 Å². The van der Waals surface area contributed by atoms with Crippen LogP contribution in [0.3, 0.4) is 0 Å². The number of amides is 1. The number of carbonyl (C=O) groups is 1. The highest BCUT2D eigenvalue weighted by atomic mass is 32.2. The topological polar surface area (TPSA) is 84.9 Å². The maximum atomic E-state index is 12.8. The van der Waals surface area contributed by atoms with Gasteiger partial charge in [0.15, 0.2) is 6.10 Å². The molecule has 1 aliphatic heterocycles. The van der Waals surface area contributed by atoms with Gasteiger partial charge >= 0.3 is 0 Å². The van der Waals surface area contributed by atoms with Crippen LogP contribution in [0.15, 0.2) is 42.5 Å². The number of nitrogens with one attached hydrogen (secondary N) is 1. The minimum absolute atomic E-state index is 0.0794. The molecule has 0 saturated heterocycles. The van der Waals surface area contributed by atoms with Crippen LogP contribution in [0.1, 0.15) is 31.2 Å². The number of sulfonamides is 1. The van der Waals surface area contributed by atoms with Gasteiger partial charge in [0.25, 0.3) is 5.91 Å². The number of nitrogens with zero attached hydrogens (tertiary/aromatic N) is 1. The molecule has 1 aliphatic carbocycles. The van der Waals surface area contributed by atoms with E-state index in [9.17, 15) is 13.2 Å². The van der Waals surface area contributed by atoms with Crippen molar-refractivity contribution in [3.05, 3.63) is 48.0 Å². The summed E-state index contributed by atoms with van der Waals surface area (Å²) in [6.07, 6.45) is 5.00. The lowest BCUT2D eigenvalue weighted by Crippen LogP contribution is -2.48. The molecule has 1 atom stereocenters. The van der Waals surface area contributed by atoms with Crippen molar-refractivity contribution in [1.29, 1.82) is 0 Å². The van der Waals surface area contributed by atoms with Gasteiger partial charge < -0.3 is 14.8 Å². The van der Waals surface area contributed by atoms with Crippen LogP contribution in [0.25, 0.3) is 0 Å². The Hall–Kier alpha value is -2.74. The standard InChI is InChI=1S/C22H26N2O5S/c1-15-7-12-20-19(13-15)24(30(2,26)27)14-21(29-20)22(25)23-16-8-10-18(11-9-16)28-17-5-3-4-6-17/h7-13,17,21H,3-6,14H2,1-2H3,(H,23,25)/t21-/m1/s1. The number of benzene rings is 2. The first kappa shape index (κ1) is 20.5. The quantitative estimate of drug-likeness (QED) is 0.785. The van der Waals surface area contributed by atoms with Crippen LogP contribution in [0, 0.1) is 6.92 Å². The Morgan fingerprint density at radius 1 is 1.13 bits per heavy atom. The van der Waals surface area contributed by atoms with E-state index >= 15 is 0 Å². The lowest BCUT2D eigenvalue weighted by atomic mass is 10.1. The van der Waals surface area contributed by atoms with Gasteiger partial charge in [-0.05, 0) is 74.6 Å². The first-order chi connectivity index (χ1) is 14.3. The number of hydrogen-bond donors (Lipinski definition) is 1. The van der Waals surface area contributed by atoms with E-state index in [1.54, 1.807) is 24.3 Å². The van der Waals surface area contributed by atoms with Crippen molar-refractivity contribution in [3.8, 4) is 11.5 Å². The largest absolute Gasteiger partial charge is 0.490 e. The number of carbonyl (C=O) groups excluding carboxylic acids is 1. The first-order valence-corrected chi connectivity index (χ1v) is 12.0. The fourth-order valence-corrected chi connectivity index (χ4v) is 4.76. The number of anilines is 2. The molecule has 1 saturated carbocycles. The van der Waals surface area contributed by atoms with Crippen LogP contribution in [-0.4, -0.2) is 39.3 Å². The molecule has 0 spiro atoms. The van der Waals surface area contributed by atoms with E-state index in [0.717, 1.165) is 30.4 Å². The van der Waals surface area contributed by atoms with Gasteiger partial charge in [0, 0.05) is 5.69 Å². The normalized spacial score (nSPS) is 19.1. The predicted octanol–water partition coefficient (Wildman–Crippen LogP) is 3.48. The molecular weight excluding hydrogens is 404 g/mol. The predicted molar refractivity (Wildman–Crippen MR) is 116 cm³/mol. The molecule has 160 valence electrons. The minimum Gasteiger partial charge on any atom is -0.490 e. The van der Waals surface area contributed by atoms with Crippen LogP contribution >= 0.6 is 0 Å². The van der Waals surface area contributed by atoms with Crippen LogP contribution in [0.2, 0.25) is 0 Å². The summed E-state index contributed by atoms with van der Waals surface area (Å²) in [7, 11) is -3.56. The van der Waals surface area contributed by atoms with E-state index in [2.05, 4.69) is 5.32 Å². The molecule has 7 nitrogen and oxygen atoms in total. The Balaban J connectivity index is 1.46. The molecule has 2 aliphatic rings. The molecule has 1 fully saturated rings. The second kappa shape index (κ2) is 8.18. The van der Waals surface area contributed by atoms with Gasteiger partial charge in [-0.25, -0.2) is 8.42 Å². The highest BCUT2D eigenvalue weighted by Crippen LogP contribution is 2.36. The zero-order valence-electron chi connectivity index (χ0n) is 17.1. The van der Waals surface area contributed by atoms with Gasteiger partial charge in [0.05, 0.1) is 24.6 Å². The highest BCUT2D eigenvalue weighted by Gasteiger charge is 2.35. The summed E-state index contributed by atoms with van der Waals surface area (Å²) in [5, 5.41) is 2.81. The van der Waals surface area contributed by atoms with Crippen LogP contribution in [-0.2, 0) is 14.8 Å². The molecule has 30 heavy (non-hydrogen) atoms. The molecule has 1 heterocycles. The SMILES string of the molecule is Cc1ccc2c(c1)N(S(C)(=O)=O)C[C@H](C(=O)Nc1ccc(OC3CCCC3)cc1)O2. The highest BCUT2D eigenvalue weighted by molar-refractivity contribution is 7.92. The van der Waals surface area contributed by atoms with Crippen LogP contribution < -0.4 is 19.1 Å². The third-order valence-corrected chi connectivity index (χ3v) is 6.55. The van der Waals surface area contributed by atoms with E-state index in [1.807, 2.05) is 25.1 Å². The van der Waals surface area contributed by atoms with E-state index in [-0.39, 0.29) is 12.6 Å². The molecule has 2 aromatic carbocycles. The van der Waals surface area contributed by atoms with Crippen molar-refractivity contribution in [2.24, 2.45) is 0 Å². The number of fused-ring (bicyclic) bond motifs is 1. The third kappa shape index (κ3) is 4.53. The van der Waals surface area contributed by atoms with Gasteiger partial charge in [0.1, 0.15) is 11.5 Å². The van der Waals surface area contributed by atoms with Crippen molar-refractivity contribution in [2.45, 2.75) is 44.8 Å². The van der Waals surface area contributed by atoms with E-state index in [0.29, 0.717) is 17.1 Å². The summed E-state index contributed by atoms with van der Waals surface area (Å²) in [5.41, 5.74) is 1.96. The van der Waals surface area contributed by atoms with Crippen molar-refractivity contribution >= 4 is 27.3 Å². The fraction of sp³-hybridized carbons (Fsp3) is 0.409. The van der Waals surface area contributed by atoms with Gasteiger partial charge in [-0.15, -0.1) is 0 Å². The molecule has 4 rings (SSSR count). The average Bonchev–Trinajstić information content (AvgIpc) is 3.21. The molecule has 0 aromatic heterocycles. The summed E-state index contributed by atoms with van der Waals surface area (Å²) >= 11 is 0. The zero-order valence-corrected chi connectivity index (χ0v) is 17.9. The van der Waals surface area contributed by atoms with E-state index in [1.165, 1.54) is 17.1 Å². The molecule has 1 N–H and O–H groups in total. The maximum absolute atomic E-state index is 12.8. The Labute approximate surface area is 177 Å². The Morgan fingerprint density at radius 2 is 1.83 bits per heavy atom. The summed E-state index contributed by atoms with van der Waals surface area (Å²) in [6, 6.07) is 12.5. The van der Waals surface area contributed by atoms with Gasteiger partial charge in [-0.2, -0.15) is 0 Å². The second-order valence-corrected chi connectivity index (χ2v) is 9.82. The van der Waals surface area contributed by atoms with Crippen LogP contribution in [0.5, 0.6) is 11.5 Å². The lowest BCUT2D eigenvalue weighted by molar-refractivity contribution is -0.122. The van der Waals surface area contributed by atoms with Crippen molar-refractivity contribution in [2.75, 3.05) is 22.4 Å². The first-order valence-electron chi connectivity index (χ1n) is 10.1. The van der Waals surface area contributed by atoms with E-state index in [4.69, 9.17) is 9.47 Å². The summed E-state index contributed by atoms with van der Waals surface area (Å²) in [5.74, 6) is 0.749. The Bertz CT molecular complexity index is 1030. The number of hydrogen-bond acceptors (Lipinski definition) is 5. The number of rotatable bonds is 5. The summed E-state index contributed by atoms with van der Waals surface area (Å²) in [4.78, 5) is 12.8. The summed E-state index contributed by atoms with van der Waals surface area (Å²) < 4.78 is 37.6. The molecule has 0 unspecified atom stereocenters. The number of ether oxygens (including phenoxy) is 2. The Kier molecular flexibility index (Phi) is 5.60. The molecular formula is C22H26N2O5S. The van der Waals surface area contributed by atoms with Crippen molar-refractivity contribution < 1.29 is 22.7 Å².